The van der Waals surface area contributed by atoms with Crippen LogP contribution in [0.1, 0.15) is 24.0 Å². The Labute approximate surface area is 156 Å². The zero-order chi connectivity index (χ0) is 18.5. The van der Waals surface area contributed by atoms with Crippen LogP contribution in [0.15, 0.2) is 52.6 Å². The fourth-order valence-corrected chi connectivity index (χ4v) is 3.34. The first-order valence-corrected chi connectivity index (χ1v) is 9.40. The van der Waals surface area contributed by atoms with Gasteiger partial charge in [-0.2, -0.15) is 5.10 Å². The first-order chi connectivity index (χ1) is 12.5. The van der Waals surface area contributed by atoms with Crippen LogP contribution in [0, 0.1) is 13.8 Å². The van der Waals surface area contributed by atoms with Gasteiger partial charge in [0.2, 0.25) is 5.91 Å². The number of aryl methyl sites for hydroxylation is 2. The van der Waals surface area contributed by atoms with Crippen molar-refractivity contribution in [2.75, 3.05) is 5.32 Å². The van der Waals surface area contributed by atoms with E-state index >= 15 is 0 Å². The molecule has 1 amide bonds. The lowest BCUT2D eigenvalue weighted by molar-refractivity contribution is -0.116. The van der Waals surface area contributed by atoms with Crippen molar-refractivity contribution in [1.29, 1.82) is 0 Å². The summed E-state index contributed by atoms with van der Waals surface area (Å²) in [5.74, 6) is -0.0545. The molecule has 0 radical (unpaired) electrons. The molecule has 0 saturated carbocycles. The van der Waals surface area contributed by atoms with Crippen LogP contribution < -0.4 is 10.9 Å². The van der Waals surface area contributed by atoms with E-state index in [0.717, 1.165) is 27.4 Å². The van der Waals surface area contributed by atoms with Crippen molar-refractivity contribution in [3.8, 4) is 10.6 Å². The fraction of sp³-hybridized carbons (Fsp3) is 0.250. The molecule has 0 aliphatic heterocycles. The van der Waals surface area contributed by atoms with Crippen molar-refractivity contribution in [3.63, 3.8) is 0 Å². The number of nitrogens with zero attached hydrogens (tertiary/aromatic N) is 2. The monoisotopic (exact) mass is 367 g/mol. The highest BCUT2D eigenvalue weighted by Gasteiger charge is 2.08. The van der Waals surface area contributed by atoms with E-state index in [4.69, 9.17) is 0 Å². The molecule has 6 heteroatoms. The summed E-state index contributed by atoms with van der Waals surface area (Å²) in [6.07, 6.45) is 0.891. The highest BCUT2D eigenvalue weighted by molar-refractivity contribution is 7.13. The number of benzene rings is 1. The summed E-state index contributed by atoms with van der Waals surface area (Å²) in [5, 5.41) is 9.32. The molecule has 0 atom stereocenters. The number of thiophene rings is 1. The van der Waals surface area contributed by atoms with E-state index in [1.165, 1.54) is 10.7 Å². The van der Waals surface area contributed by atoms with E-state index in [-0.39, 0.29) is 11.5 Å². The molecule has 3 rings (SSSR count). The number of carbonyl (C=O) groups is 1. The molecule has 0 aliphatic rings. The zero-order valence-corrected chi connectivity index (χ0v) is 15.7. The topological polar surface area (TPSA) is 64.0 Å². The van der Waals surface area contributed by atoms with Gasteiger partial charge < -0.3 is 5.32 Å². The Bertz CT molecular complexity index is 961. The molecule has 2 aromatic heterocycles. The number of rotatable bonds is 6. The van der Waals surface area contributed by atoms with E-state index < -0.39 is 0 Å². The highest BCUT2D eigenvalue weighted by Crippen LogP contribution is 2.21. The molecule has 5 nitrogen and oxygen atoms in total. The molecule has 0 saturated heterocycles. The predicted molar refractivity (Wildman–Crippen MR) is 106 cm³/mol. The van der Waals surface area contributed by atoms with Gasteiger partial charge in [0, 0.05) is 24.7 Å². The quantitative estimate of drug-likeness (QED) is 0.716. The maximum atomic E-state index is 12.2. The molecule has 26 heavy (non-hydrogen) atoms. The first-order valence-electron chi connectivity index (χ1n) is 8.53. The van der Waals surface area contributed by atoms with E-state index in [0.29, 0.717) is 19.4 Å². The molecule has 1 N–H and O–H groups in total. The summed E-state index contributed by atoms with van der Waals surface area (Å²) < 4.78 is 1.43. The van der Waals surface area contributed by atoms with Crippen LogP contribution >= 0.6 is 11.3 Å². The second kappa shape index (κ2) is 8.10. The zero-order valence-electron chi connectivity index (χ0n) is 14.9. The maximum Gasteiger partial charge on any atom is 0.266 e. The van der Waals surface area contributed by atoms with Crippen LogP contribution in [0.5, 0.6) is 0 Å². The number of hydrogen-bond acceptors (Lipinski definition) is 4. The van der Waals surface area contributed by atoms with Crippen LogP contribution in [0.4, 0.5) is 5.69 Å². The molecular formula is C20H21N3O2S. The van der Waals surface area contributed by atoms with Gasteiger partial charge in [0.15, 0.2) is 0 Å². The van der Waals surface area contributed by atoms with Crippen molar-refractivity contribution < 1.29 is 4.79 Å². The van der Waals surface area contributed by atoms with Crippen molar-refractivity contribution in [3.05, 3.63) is 69.3 Å². The van der Waals surface area contributed by atoms with Gasteiger partial charge in [-0.05, 0) is 55.0 Å². The van der Waals surface area contributed by atoms with Crippen LogP contribution in [0.25, 0.3) is 10.6 Å². The SMILES string of the molecule is Cc1cccc(NC(=O)CCCn2nc(-c3cccs3)ccc2=O)c1C. The summed E-state index contributed by atoms with van der Waals surface area (Å²) in [7, 11) is 0. The molecular weight excluding hydrogens is 346 g/mol. The molecule has 0 bridgehead atoms. The average molecular weight is 367 g/mol. The Hall–Kier alpha value is -2.73. The van der Waals surface area contributed by atoms with Crippen molar-refractivity contribution >= 4 is 22.9 Å². The third-order valence-electron chi connectivity index (χ3n) is 4.29. The second-order valence-corrected chi connectivity index (χ2v) is 7.10. The molecule has 2 heterocycles. The average Bonchev–Trinajstić information content (AvgIpc) is 3.15. The summed E-state index contributed by atoms with van der Waals surface area (Å²) in [4.78, 5) is 25.2. The molecule has 3 aromatic rings. The summed E-state index contributed by atoms with van der Waals surface area (Å²) in [5.41, 5.74) is 3.68. The van der Waals surface area contributed by atoms with E-state index in [1.54, 1.807) is 17.4 Å². The molecule has 0 spiro atoms. The molecule has 0 unspecified atom stereocenters. The van der Waals surface area contributed by atoms with E-state index in [2.05, 4.69) is 10.4 Å². The maximum absolute atomic E-state index is 12.2. The minimum atomic E-state index is -0.153. The summed E-state index contributed by atoms with van der Waals surface area (Å²) >= 11 is 1.58. The number of carbonyl (C=O) groups excluding carboxylic acids is 1. The Morgan fingerprint density at radius 3 is 2.77 bits per heavy atom. The number of anilines is 1. The smallest absolute Gasteiger partial charge is 0.266 e. The van der Waals surface area contributed by atoms with E-state index in [1.807, 2.05) is 49.6 Å². The van der Waals surface area contributed by atoms with Gasteiger partial charge in [0.25, 0.3) is 5.56 Å². The van der Waals surface area contributed by atoms with Crippen LogP contribution in [0.2, 0.25) is 0 Å². The Morgan fingerprint density at radius 2 is 2.00 bits per heavy atom. The number of hydrogen-bond donors (Lipinski definition) is 1. The lowest BCUT2D eigenvalue weighted by Gasteiger charge is -2.10. The number of nitrogens with one attached hydrogen (secondary N) is 1. The number of aromatic nitrogens is 2. The predicted octanol–water partition coefficient (Wildman–Crippen LogP) is 4.01. The molecule has 1 aromatic carbocycles. The third-order valence-corrected chi connectivity index (χ3v) is 5.19. The number of amides is 1. The van der Waals surface area contributed by atoms with Gasteiger partial charge in [-0.15, -0.1) is 11.3 Å². The Balaban J connectivity index is 1.59. The fourth-order valence-electron chi connectivity index (χ4n) is 2.65. The van der Waals surface area contributed by atoms with Crippen molar-refractivity contribution in [2.45, 2.75) is 33.2 Å². The summed E-state index contributed by atoms with van der Waals surface area (Å²) in [6, 6.07) is 13.0. The van der Waals surface area contributed by atoms with Gasteiger partial charge in [-0.3, -0.25) is 9.59 Å². The normalized spacial score (nSPS) is 10.7. The Kier molecular flexibility index (Phi) is 5.63. The van der Waals surface area contributed by atoms with Crippen LogP contribution in [-0.2, 0) is 11.3 Å². The lowest BCUT2D eigenvalue weighted by Crippen LogP contribution is -2.23. The van der Waals surface area contributed by atoms with Gasteiger partial charge >= 0.3 is 0 Å². The standard InChI is InChI=1S/C20H21N3O2S/c1-14-6-3-7-16(15(14)2)21-19(24)9-4-12-23-20(25)11-10-17(22-23)18-8-5-13-26-18/h3,5-8,10-11,13H,4,9,12H2,1-2H3,(H,21,24). The minimum absolute atomic E-state index is 0.0545. The van der Waals surface area contributed by atoms with Gasteiger partial charge in [0.05, 0.1) is 4.88 Å². The first kappa shape index (κ1) is 18.1. The Morgan fingerprint density at radius 1 is 1.15 bits per heavy atom. The van der Waals surface area contributed by atoms with Gasteiger partial charge in [-0.25, -0.2) is 4.68 Å². The minimum Gasteiger partial charge on any atom is -0.326 e. The van der Waals surface area contributed by atoms with Crippen LogP contribution in [-0.4, -0.2) is 15.7 Å². The molecule has 134 valence electrons. The molecule has 0 fully saturated rings. The van der Waals surface area contributed by atoms with Crippen molar-refractivity contribution in [1.82, 2.24) is 9.78 Å². The highest BCUT2D eigenvalue weighted by atomic mass is 32.1. The molecule has 0 aliphatic carbocycles. The van der Waals surface area contributed by atoms with Crippen molar-refractivity contribution in [2.24, 2.45) is 0 Å². The largest absolute Gasteiger partial charge is 0.326 e. The van der Waals surface area contributed by atoms with Gasteiger partial charge in [-0.1, -0.05) is 18.2 Å². The van der Waals surface area contributed by atoms with E-state index in [9.17, 15) is 9.59 Å². The van der Waals surface area contributed by atoms with Gasteiger partial charge in [0.1, 0.15) is 5.69 Å². The lowest BCUT2D eigenvalue weighted by atomic mass is 10.1. The summed E-state index contributed by atoms with van der Waals surface area (Å²) in [6.45, 7) is 4.42. The second-order valence-electron chi connectivity index (χ2n) is 6.16. The third kappa shape index (κ3) is 4.26. The van der Waals surface area contributed by atoms with Crippen LogP contribution in [0.3, 0.4) is 0 Å².